The predicted molar refractivity (Wildman–Crippen MR) is 326 cm³/mol. The van der Waals surface area contributed by atoms with Crippen LogP contribution >= 0.6 is 0 Å². The highest BCUT2D eigenvalue weighted by molar-refractivity contribution is 6.02. The quantitative estimate of drug-likeness (QED) is 0.0846. The van der Waals surface area contributed by atoms with Gasteiger partial charge in [0.15, 0.2) is 5.76 Å². The minimum atomic E-state index is -1.34. The normalized spacial score (nSPS) is 22.3. The molecule has 4 aliphatic rings. The third-order valence-corrected chi connectivity index (χ3v) is 19.3. The lowest BCUT2D eigenvalue weighted by molar-refractivity contribution is -0.646. The first-order valence-corrected chi connectivity index (χ1v) is 28.5. The second-order valence-electron chi connectivity index (χ2n) is 23.9. The van der Waals surface area contributed by atoms with Crippen LogP contribution in [0.3, 0.4) is 0 Å². The van der Waals surface area contributed by atoms with Gasteiger partial charge in [-0.25, -0.2) is 9.59 Å². The Kier molecular flexibility index (Phi) is 14.7. The van der Waals surface area contributed by atoms with Gasteiger partial charge >= 0.3 is 11.9 Å². The zero-order chi connectivity index (χ0) is 58.7. The summed E-state index contributed by atoms with van der Waals surface area (Å²) in [4.78, 5) is 25.3. The lowest BCUT2D eigenvalue weighted by Crippen LogP contribution is -2.54. The number of aryl methyl sites for hydroxylation is 2. The number of aromatic carboxylic acids is 2. The SMILES string of the molecule is C#CC1(O)CCC2C3CCC4=Cc5oncc5CC4(C)C3CCC21C.Cc1cc(C=Cc2ccc3cc(N(C)C)ccc3[n+]2C)c(C)n1-c1ccccc1.O=C(O)c1cc2ccccc2c(Cc2c(O)c(C(=O)O)cc3ccccc23)c1[O-]. The molecule has 83 heavy (non-hydrogen) atoms. The van der Waals surface area contributed by atoms with E-state index in [9.17, 15) is 35.1 Å². The van der Waals surface area contributed by atoms with Crippen molar-refractivity contribution in [3.63, 3.8) is 0 Å². The number of rotatable bonds is 8. The molecule has 0 aliphatic heterocycles. The van der Waals surface area contributed by atoms with E-state index < -0.39 is 29.0 Å². The number of carboxylic acid groups (broad SMARTS) is 2. The summed E-state index contributed by atoms with van der Waals surface area (Å²) in [6, 6.07) is 40.3. The Bertz CT molecular complexity index is 4040. The van der Waals surface area contributed by atoms with Crippen LogP contribution in [0.5, 0.6) is 11.5 Å². The van der Waals surface area contributed by atoms with Crippen LogP contribution < -0.4 is 14.6 Å². The number of carboxylic acids is 2. The van der Waals surface area contributed by atoms with Crippen LogP contribution in [0.25, 0.3) is 56.4 Å². The fourth-order valence-corrected chi connectivity index (χ4v) is 14.8. The zero-order valence-corrected chi connectivity index (χ0v) is 48.1. The standard InChI is InChI=1S/C26H28N3.C23H16O6.C22H27NO2/c1-19-17-21(20(2)29(19)24-9-7-6-8-10-24)11-13-23-14-12-22-18-25(27(3)4)15-16-26(22)28(23)5;24-20-16(14-7-3-1-5-12(14)9-18(20)22(26)27)11-17-15-8-4-2-6-13(15)10-19(21(17)25)23(28)29;1-4-22(24)10-8-18-16-6-5-15-11-19-14(13-23-25-19)12-20(15,2)17(16)7-9-21(18,22)3/h6-18H,1-5H3;1-10,24-25H,11H2,(H,26,27)(H,28,29);1,11,13,16-18,24H,5-10,12H2,2-3H3/q+1;;/p-1. The van der Waals surface area contributed by atoms with Gasteiger partial charge in [-0.3, -0.25) is 0 Å². The number of terminal acetylenes is 1. The van der Waals surface area contributed by atoms with E-state index in [2.05, 4.69) is 159 Å². The maximum Gasteiger partial charge on any atom is 0.339 e. The molecule has 3 heterocycles. The Hall–Kier alpha value is -8.92. The molecule has 0 spiro atoms. The highest BCUT2D eigenvalue weighted by atomic mass is 16.5. The van der Waals surface area contributed by atoms with Gasteiger partial charge in [-0.1, -0.05) is 103 Å². The molecule has 422 valence electrons. The average molecular weight is 1110 g/mol. The molecule has 0 bridgehead atoms. The first-order chi connectivity index (χ1) is 39.7. The van der Waals surface area contributed by atoms with Gasteiger partial charge in [0.1, 0.15) is 24.0 Å². The van der Waals surface area contributed by atoms with Crippen LogP contribution in [-0.4, -0.2) is 61.8 Å². The fraction of sp³-hybridized carbons (Fsp3) is 0.296. The van der Waals surface area contributed by atoms with Crippen molar-refractivity contribution in [3.05, 3.63) is 195 Å². The molecule has 13 rings (SSSR count). The smallest absolute Gasteiger partial charge is 0.339 e. The van der Waals surface area contributed by atoms with Crippen molar-refractivity contribution in [1.29, 1.82) is 0 Å². The van der Waals surface area contributed by atoms with Gasteiger partial charge in [-0.05, 0) is 175 Å². The third-order valence-electron chi connectivity index (χ3n) is 19.3. The second kappa shape index (κ2) is 21.8. The van der Waals surface area contributed by atoms with E-state index in [1.165, 1.54) is 69.0 Å². The number of carbonyl (C=O) groups is 2. The number of allylic oxidation sites excluding steroid dienone is 1. The average Bonchev–Trinajstić information content (AvgIpc) is 4.12. The number of phenols is 1. The van der Waals surface area contributed by atoms with Crippen molar-refractivity contribution in [2.45, 2.75) is 84.7 Å². The van der Waals surface area contributed by atoms with Crippen molar-refractivity contribution >= 4 is 68.3 Å². The Labute approximate surface area is 484 Å². The number of aromatic nitrogens is 3. The lowest BCUT2D eigenvalue weighted by atomic mass is 9.46. The molecule has 12 nitrogen and oxygen atoms in total. The van der Waals surface area contributed by atoms with Gasteiger partial charge in [0.05, 0.1) is 11.8 Å². The molecule has 4 N–H and O–H groups in total. The number of benzene rings is 6. The summed E-state index contributed by atoms with van der Waals surface area (Å²) in [6.07, 6.45) is 21.7. The van der Waals surface area contributed by atoms with Gasteiger partial charge in [0.25, 0.3) is 0 Å². The third kappa shape index (κ3) is 9.80. The molecule has 6 aromatic carbocycles. The van der Waals surface area contributed by atoms with E-state index >= 15 is 0 Å². The molecule has 3 aromatic heterocycles. The monoisotopic (exact) mass is 1110 g/mol. The van der Waals surface area contributed by atoms with Crippen LogP contribution in [0, 0.1) is 54.8 Å². The second-order valence-corrected chi connectivity index (χ2v) is 23.9. The highest BCUT2D eigenvalue weighted by Crippen LogP contribution is 2.67. The van der Waals surface area contributed by atoms with E-state index in [0.717, 1.165) is 44.3 Å². The van der Waals surface area contributed by atoms with Crippen LogP contribution in [0.1, 0.15) is 118 Å². The van der Waals surface area contributed by atoms with Gasteiger partial charge in [0, 0.05) is 83.4 Å². The van der Waals surface area contributed by atoms with Crippen LogP contribution in [-0.2, 0) is 19.9 Å². The Morgan fingerprint density at radius 2 is 1.48 bits per heavy atom. The molecule has 4 aliphatic carbocycles. The van der Waals surface area contributed by atoms with Crippen molar-refractivity contribution in [2.75, 3.05) is 19.0 Å². The topological polar surface area (TPSA) is 176 Å². The summed E-state index contributed by atoms with van der Waals surface area (Å²) >= 11 is 0. The molecular weight excluding hydrogens is 1040 g/mol. The van der Waals surface area contributed by atoms with Gasteiger partial charge in [0.2, 0.25) is 11.2 Å². The number of aromatic hydroxyl groups is 1. The first kappa shape index (κ1) is 56.0. The number of pyridine rings is 1. The van der Waals surface area contributed by atoms with Crippen molar-refractivity contribution in [2.24, 2.45) is 35.6 Å². The first-order valence-electron chi connectivity index (χ1n) is 28.5. The maximum absolute atomic E-state index is 12.9. The molecule has 3 saturated carbocycles. The largest absolute Gasteiger partial charge is 0.872 e. The fourth-order valence-electron chi connectivity index (χ4n) is 14.8. The summed E-state index contributed by atoms with van der Waals surface area (Å²) in [5, 5.41) is 61.1. The van der Waals surface area contributed by atoms with E-state index in [1.807, 2.05) is 6.20 Å². The number of aliphatic hydroxyl groups is 1. The van der Waals surface area contributed by atoms with E-state index in [4.69, 9.17) is 10.9 Å². The molecular formula is C71H70N4O8. The molecule has 6 unspecified atom stereocenters. The van der Waals surface area contributed by atoms with Crippen molar-refractivity contribution in [1.82, 2.24) is 9.72 Å². The Morgan fingerprint density at radius 3 is 2.17 bits per heavy atom. The highest BCUT2D eigenvalue weighted by Gasteiger charge is 2.63. The van der Waals surface area contributed by atoms with Crippen molar-refractivity contribution in [3.8, 4) is 29.5 Å². The van der Waals surface area contributed by atoms with Gasteiger partial charge < -0.3 is 39.5 Å². The molecule has 0 saturated heterocycles. The van der Waals surface area contributed by atoms with E-state index in [0.29, 0.717) is 39.3 Å². The molecule has 3 fully saturated rings. The number of anilines is 1. The zero-order valence-electron chi connectivity index (χ0n) is 48.1. The minimum absolute atomic E-state index is 0.103. The van der Waals surface area contributed by atoms with E-state index in [-0.39, 0.29) is 39.5 Å². The number of hydrogen-bond acceptors (Lipinski definition) is 8. The van der Waals surface area contributed by atoms with Gasteiger partial charge in [-0.15, -0.1) is 6.42 Å². The summed E-state index contributed by atoms with van der Waals surface area (Å²) in [6.45, 7) is 9.06. The van der Waals surface area contributed by atoms with E-state index in [1.54, 1.807) is 54.1 Å². The summed E-state index contributed by atoms with van der Waals surface area (Å²) < 4.78 is 9.99. The predicted octanol–water partition coefficient (Wildman–Crippen LogP) is 13.3. The molecule has 12 heteroatoms. The Balaban J connectivity index is 0.000000131. The maximum atomic E-state index is 12.9. The van der Waals surface area contributed by atoms with Crippen molar-refractivity contribution < 1.29 is 44.2 Å². The lowest BCUT2D eigenvalue weighted by Gasteiger charge is -2.58. The number of fused-ring (bicyclic) bond motifs is 9. The molecule has 6 atom stereocenters. The molecule has 0 radical (unpaired) electrons. The summed E-state index contributed by atoms with van der Waals surface area (Å²) in [7, 11) is 6.28. The number of nitrogens with zero attached hydrogens (tertiary/aromatic N) is 4. The molecule has 9 aromatic rings. The van der Waals surface area contributed by atoms with Crippen LogP contribution in [0.4, 0.5) is 5.69 Å². The number of para-hydroxylation sites is 1. The summed E-state index contributed by atoms with van der Waals surface area (Å²) in [5.74, 6) is 1.93. The Morgan fingerprint density at radius 1 is 0.819 bits per heavy atom. The molecule has 0 amide bonds. The van der Waals surface area contributed by atoms with Crippen LogP contribution in [0.2, 0.25) is 0 Å². The minimum Gasteiger partial charge on any atom is -0.872 e. The number of hydrogen-bond donors (Lipinski definition) is 4. The van der Waals surface area contributed by atoms with Crippen LogP contribution in [0.15, 0.2) is 144 Å². The summed E-state index contributed by atoms with van der Waals surface area (Å²) in [5.41, 5.74) is 10.4. The van der Waals surface area contributed by atoms with Gasteiger partial charge in [-0.2, -0.15) is 4.57 Å².